The molecule has 0 bridgehead atoms. The van der Waals surface area contributed by atoms with Crippen LogP contribution < -0.4 is 5.32 Å². The second-order valence-corrected chi connectivity index (χ2v) is 6.50. The maximum Gasteiger partial charge on any atom is 0.261 e. The summed E-state index contributed by atoms with van der Waals surface area (Å²) in [4.78, 5) is 12.5. The van der Waals surface area contributed by atoms with Crippen molar-refractivity contribution in [3.8, 4) is 0 Å². The quantitative estimate of drug-likeness (QED) is 0.843. The van der Waals surface area contributed by atoms with Gasteiger partial charge in [0.1, 0.15) is 0 Å². The Morgan fingerprint density at radius 2 is 2.29 bits per heavy atom. The molecule has 0 atom stereocenters. The first-order chi connectivity index (χ1) is 6.65. The molecule has 76 valence electrons. The summed E-state index contributed by atoms with van der Waals surface area (Å²) in [7, 11) is 0. The number of halogens is 2. The molecule has 1 fully saturated rings. The first-order valence-electron chi connectivity index (χ1n) is 4.29. The van der Waals surface area contributed by atoms with Crippen LogP contribution in [-0.2, 0) is 0 Å². The van der Waals surface area contributed by atoms with Crippen LogP contribution in [-0.4, -0.2) is 16.8 Å². The molecule has 1 aromatic heterocycles. The number of hydrogen-bond acceptors (Lipinski definition) is 2. The number of thiophene rings is 1. The summed E-state index contributed by atoms with van der Waals surface area (Å²) in [5, 5.41) is 3.90. The molecule has 1 N–H and O–H groups in total. The Hall–Kier alpha value is 0.130. The third-order valence-corrected chi connectivity index (χ3v) is 4.98. The van der Waals surface area contributed by atoms with E-state index in [2.05, 4.69) is 37.2 Å². The minimum absolute atomic E-state index is 0.0353. The van der Waals surface area contributed by atoms with Gasteiger partial charge in [0.2, 0.25) is 0 Å². The monoisotopic (exact) mass is 337 g/mol. The minimum atomic E-state index is 0.0353. The number of hydrogen-bond donors (Lipinski definition) is 1. The van der Waals surface area contributed by atoms with Crippen LogP contribution in [0.1, 0.15) is 22.5 Å². The predicted molar refractivity (Wildman–Crippen MR) is 65.2 cm³/mol. The van der Waals surface area contributed by atoms with E-state index in [4.69, 9.17) is 0 Å². The maximum absolute atomic E-state index is 11.7. The molecular formula is C9H9Br2NOS. The van der Waals surface area contributed by atoms with E-state index in [1.165, 1.54) is 11.3 Å². The van der Waals surface area contributed by atoms with E-state index in [0.717, 1.165) is 26.8 Å². The van der Waals surface area contributed by atoms with Gasteiger partial charge in [0.25, 0.3) is 5.91 Å². The van der Waals surface area contributed by atoms with Gasteiger partial charge < -0.3 is 5.32 Å². The molecule has 1 heterocycles. The fourth-order valence-corrected chi connectivity index (χ4v) is 3.16. The molecule has 14 heavy (non-hydrogen) atoms. The van der Waals surface area contributed by atoms with Crippen LogP contribution in [0, 0.1) is 0 Å². The minimum Gasteiger partial charge on any atom is -0.345 e. The van der Waals surface area contributed by atoms with Gasteiger partial charge in [0.05, 0.1) is 14.2 Å². The molecule has 5 heteroatoms. The molecule has 0 saturated heterocycles. The number of carbonyl (C=O) groups excluding carboxylic acids is 1. The highest BCUT2D eigenvalue weighted by Gasteiger charge is 2.43. The molecule has 0 aromatic carbocycles. The van der Waals surface area contributed by atoms with Crippen LogP contribution in [0.4, 0.5) is 0 Å². The second-order valence-electron chi connectivity index (χ2n) is 3.47. The number of rotatable bonds is 3. The van der Waals surface area contributed by atoms with Gasteiger partial charge in [-0.05, 0) is 40.9 Å². The van der Waals surface area contributed by atoms with Crippen LogP contribution in [0.25, 0.3) is 0 Å². The molecule has 0 aliphatic heterocycles. The van der Waals surface area contributed by atoms with Gasteiger partial charge in [-0.2, -0.15) is 0 Å². The first-order valence-corrected chi connectivity index (χ1v) is 7.02. The molecular weight excluding hydrogens is 330 g/mol. The van der Waals surface area contributed by atoms with Gasteiger partial charge in [0.15, 0.2) is 0 Å². The van der Waals surface area contributed by atoms with Crippen molar-refractivity contribution in [2.75, 3.05) is 5.33 Å². The van der Waals surface area contributed by atoms with Gasteiger partial charge in [-0.25, -0.2) is 0 Å². The lowest BCUT2D eigenvalue weighted by Gasteiger charge is -2.12. The van der Waals surface area contributed by atoms with Gasteiger partial charge in [-0.3, -0.25) is 4.79 Å². The van der Waals surface area contributed by atoms with E-state index in [-0.39, 0.29) is 11.4 Å². The Morgan fingerprint density at radius 1 is 1.57 bits per heavy atom. The lowest BCUT2D eigenvalue weighted by Crippen LogP contribution is -2.37. The Bertz CT molecular complexity index is 359. The van der Waals surface area contributed by atoms with E-state index < -0.39 is 0 Å². The number of carbonyl (C=O) groups is 1. The standard InChI is InChI=1S/C9H9Br2NOS/c10-5-9(3-4-9)12-8(13)6-1-2-7(11)14-6/h1-2H,3-5H2,(H,12,13). The van der Waals surface area contributed by atoms with Crippen molar-refractivity contribution in [2.24, 2.45) is 0 Å². The van der Waals surface area contributed by atoms with Crippen LogP contribution in [0.15, 0.2) is 15.9 Å². The Labute approximate surface area is 103 Å². The van der Waals surface area contributed by atoms with Crippen molar-refractivity contribution >= 4 is 49.1 Å². The highest BCUT2D eigenvalue weighted by molar-refractivity contribution is 9.11. The van der Waals surface area contributed by atoms with Gasteiger partial charge in [-0.15, -0.1) is 11.3 Å². The topological polar surface area (TPSA) is 29.1 Å². The number of alkyl halides is 1. The average molecular weight is 339 g/mol. The normalized spacial score (nSPS) is 17.9. The van der Waals surface area contributed by atoms with Crippen LogP contribution in [0.3, 0.4) is 0 Å². The summed E-state index contributed by atoms with van der Waals surface area (Å²) in [6.07, 6.45) is 2.16. The van der Waals surface area contributed by atoms with Crippen molar-refractivity contribution in [3.63, 3.8) is 0 Å². The van der Waals surface area contributed by atoms with Crippen LogP contribution in [0.5, 0.6) is 0 Å². The second kappa shape index (κ2) is 3.94. The lowest BCUT2D eigenvalue weighted by molar-refractivity contribution is 0.0940. The highest BCUT2D eigenvalue weighted by atomic mass is 79.9. The van der Waals surface area contributed by atoms with Gasteiger partial charge in [0, 0.05) is 5.33 Å². The van der Waals surface area contributed by atoms with E-state index in [1.807, 2.05) is 12.1 Å². The summed E-state index contributed by atoms with van der Waals surface area (Å²) in [6, 6.07) is 3.74. The molecule has 1 aliphatic carbocycles. The molecule has 0 spiro atoms. The van der Waals surface area contributed by atoms with E-state index in [9.17, 15) is 4.79 Å². The van der Waals surface area contributed by atoms with Crippen molar-refractivity contribution in [1.82, 2.24) is 5.32 Å². The van der Waals surface area contributed by atoms with Crippen molar-refractivity contribution in [3.05, 3.63) is 20.8 Å². The lowest BCUT2D eigenvalue weighted by atomic mass is 10.3. The largest absolute Gasteiger partial charge is 0.345 e. The van der Waals surface area contributed by atoms with Crippen LogP contribution >= 0.6 is 43.2 Å². The van der Waals surface area contributed by atoms with Gasteiger partial charge in [-0.1, -0.05) is 15.9 Å². The van der Waals surface area contributed by atoms with Gasteiger partial charge >= 0.3 is 0 Å². The molecule has 1 amide bonds. The summed E-state index contributed by atoms with van der Waals surface area (Å²) >= 11 is 8.23. The third kappa shape index (κ3) is 2.20. The summed E-state index contributed by atoms with van der Waals surface area (Å²) in [5.41, 5.74) is 0.0353. The summed E-state index contributed by atoms with van der Waals surface area (Å²) in [6.45, 7) is 0. The molecule has 2 nitrogen and oxygen atoms in total. The molecule has 2 rings (SSSR count). The Balaban J connectivity index is 2.03. The molecule has 0 unspecified atom stereocenters. The molecule has 1 aliphatic rings. The smallest absolute Gasteiger partial charge is 0.261 e. The fraction of sp³-hybridized carbons (Fsp3) is 0.444. The van der Waals surface area contributed by atoms with Crippen molar-refractivity contribution in [1.29, 1.82) is 0 Å². The molecule has 1 saturated carbocycles. The zero-order valence-electron chi connectivity index (χ0n) is 7.35. The fourth-order valence-electron chi connectivity index (χ4n) is 1.18. The van der Waals surface area contributed by atoms with E-state index in [0.29, 0.717) is 0 Å². The van der Waals surface area contributed by atoms with E-state index in [1.54, 1.807) is 0 Å². The maximum atomic E-state index is 11.7. The van der Waals surface area contributed by atoms with Crippen molar-refractivity contribution < 1.29 is 4.79 Å². The highest BCUT2D eigenvalue weighted by Crippen LogP contribution is 2.37. The third-order valence-electron chi connectivity index (χ3n) is 2.29. The zero-order chi connectivity index (χ0) is 10.2. The SMILES string of the molecule is O=C(NC1(CBr)CC1)c1ccc(Br)s1. The Morgan fingerprint density at radius 3 is 2.71 bits per heavy atom. The molecule has 1 aromatic rings. The number of amides is 1. The summed E-state index contributed by atoms with van der Waals surface area (Å²) < 4.78 is 0.992. The van der Waals surface area contributed by atoms with Crippen LogP contribution in [0.2, 0.25) is 0 Å². The van der Waals surface area contributed by atoms with E-state index >= 15 is 0 Å². The van der Waals surface area contributed by atoms with Crippen molar-refractivity contribution in [2.45, 2.75) is 18.4 Å². The molecule has 0 radical (unpaired) electrons. The summed E-state index contributed by atoms with van der Waals surface area (Å²) in [5.74, 6) is 0.0395. The number of nitrogens with one attached hydrogen (secondary N) is 1. The predicted octanol–water partition coefficient (Wildman–Crippen LogP) is 3.17. The Kier molecular flexibility index (Phi) is 3.00. The zero-order valence-corrected chi connectivity index (χ0v) is 11.3. The average Bonchev–Trinajstić information content (AvgIpc) is 2.80. The first kappa shape index (κ1) is 10.6.